The Balaban J connectivity index is 1.83. The van der Waals surface area contributed by atoms with Gasteiger partial charge in [-0.3, -0.25) is 0 Å². The minimum atomic E-state index is -4.93. The number of methoxy groups -OCH3 is 3. The molecular formula is C39H50F3N4O7P. The molecule has 1 saturated carbocycles. The highest BCUT2D eigenvalue weighted by Gasteiger charge is 2.50. The molecular weight excluding hydrogens is 724 g/mol. The van der Waals surface area contributed by atoms with E-state index in [1.54, 1.807) is 14.2 Å². The van der Waals surface area contributed by atoms with Crippen molar-refractivity contribution in [3.63, 3.8) is 0 Å². The second-order valence-corrected chi connectivity index (χ2v) is 14.7. The number of benzene rings is 3. The normalized spacial score (nSPS) is 19.5. The predicted molar refractivity (Wildman–Crippen MR) is 200 cm³/mol. The van der Waals surface area contributed by atoms with Crippen LogP contribution in [0.5, 0.6) is 11.5 Å². The number of urea groups is 1. The molecule has 1 aliphatic rings. The standard InChI is InChI=1S/C39H50F3N4O7P/c1-26(2)46(27(3)4)54(52-23-22-43-5)53-35-28(24-34(36(35)50-8)44-37(47)45-39(40,41)42)25-51-38(29-12-10-9-11-13-29,30-14-18-32(48-6)19-15-30)31-16-20-33(49-7)21-17-31/h9-21,26-28,34-36H,22-25H2,1-4,6-8H3,(H2,44,45,47)/t28-,34+,35?,36-,54?/m1/s1. The highest BCUT2D eigenvalue weighted by molar-refractivity contribution is 7.44. The van der Waals surface area contributed by atoms with Crippen LogP contribution < -0.4 is 20.1 Å². The maximum Gasteiger partial charge on any atom is 0.485 e. The minimum Gasteiger partial charge on any atom is -0.497 e. The van der Waals surface area contributed by atoms with Gasteiger partial charge in [0.15, 0.2) is 0 Å². The van der Waals surface area contributed by atoms with Gasteiger partial charge in [0.25, 0.3) is 8.53 Å². The molecule has 4 rings (SSSR count). The van der Waals surface area contributed by atoms with Gasteiger partial charge in [0.05, 0.1) is 33.0 Å². The zero-order valence-corrected chi connectivity index (χ0v) is 32.5. The molecule has 0 radical (unpaired) electrons. The van der Waals surface area contributed by atoms with Gasteiger partial charge in [0.2, 0.25) is 6.54 Å². The number of alkyl halides is 3. The number of halogens is 3. The molecule has 0 aliphatic heterocycles. The quantitative estimate of drug-likeness (QED) is 0.0442. The number of carbonyl (C=O) groups is 1. The fraction of sp³-hybridized carbons (Fsp3) is 0.487. The van der Waals surface area contributed by atoms with Crippen molar-refractivity contribution in [2.75, 3.05) is 41.1 Å². The molecule has 5 atom stereocenters. The van der Waals surface area contributed by atoms with Crippen molar-refractivity contribution in [1.29, 1.82) is 0 Å². The molecule has 2 unspecified atom stereocenters. The highest BCUT2D eigenvalue weighted by Crippen LogP contribution is 2.51. The van der Waals surface area contributed by atoms with Crippen LogP contribution in [0.4, 0.5) is 18.0 Å². The lowest BCUT2D eigenvalue weighted by atomic mass is 9.79. The number of nitrogens with one attached hydrogen (secondary N) is 2. The van der Waals surface area contributed by atoms with E-state index in [4.69, 9.17) is 34.6 Å². The third-order valence-electron chi connectivity index (χ3n) is 9.14. The molecule has 11 nitrogen and oxygen atoms in total. The lowest BCUT2D eigenvalue weighted by molar-refractivity contribution is -0.145. The summed E-state index contributed by atoms with van der Waals surface area (Å²) in [5.41, 5.74) is 1.18. The van der Waals surface area contributed by atoms with E-state index in [9.17, 15) is 18.0 Å². The Morgan fingerprint density at radius 2 is 1.41 bits per heavy atom. The predicted octanol–water partition coefficient (Wildman–Crippen LogP) is 7.90. The molecule has 294 valence electrons. The molecule has 0 spiro atoms. The average molecular weight is 775 g/mol. The van der Waals surface area contributed by atoms with Gasteiger partial charge >= 0.3 is 12.3 Å². The topological polar surface area (TPSA) is 104 Å². The van der Waals surface area contributed by atoms with E-state index in [0.717, 1.165) is 22.0 Å². The Labute approximate surface area is 317 Å². The van der Waals surface area contributed by atoms with Gasteiger partial charge in [0, 0.05) is 25.1 Å². The Bertz CT molecular complexity index is 1590. The minimum absolute atomic E-state index is 0.0190. The molecule has 0 bridgehead atoms. The van der Waals surface area contributed by atoms with E-state index in [2.05, 4.69) is 14.8 Å². The summed E-state index contributed by atoms with van der Waals surface area (Å²) >= 11 is 0. The molecule has 3 aromatic rings. The van der Waals surface area contributed by atoms with Crippen LogP contribution in [0.15, 0.2) is 78.9 Å². The Morgan fingerprint density at radius 3 is 1.87 bits per heavy atom. The third-order valence-corrected chi connectivity index (χ3v) is 11.3. The number of hydrogen-bond acceptors (Lipinski definition) is 8. The number of carbonyl (C=O) groups excluding carboxylic acids is 1. The summed E-state index contributed by atoms with van der Waals surface area (Å²) in [5.74, 6) is 0.779. The van der Waals surface area contributed by atoms with E-state index in [1.807, 2.05) is 107 Å². The van der Waals surface area contributed by atoms with Crippen LogP contribution in [-0.2, 0) is 24.1 Å². The van der Waals surface area contributed by atoms with Gasteiger partial charge in [-0.1, -0.05) is 54.6 Å². The number of rotatable bonds is 18. The Kier molecular flexibility index (Phi) is 15.5. The summed E-state index contributed by atoms with van der Waals surface area (Å²) in [6, 6.07) is 22.4. The molecule has 0 saturated heterocycles. The van der Waals surface area contributed by atoms with Crippen LogP contribution in [0, 0.1) is 12.5 Å². The summed E-state index contributed by atoms with van der Waals surface area (Å²) in [5, 5.41) is 3.50. The second kappa shape index (κ2) is 19.6. The number of hydrogen-bond donors (Lipinski definition) is 2. The van der Waals surface area contributed by atoms with E-state index in [0.29, 0.717) is 11.5 Å². The van der Waals surface area contributed by atoms with Crippen molar-refractivity contribution < 1.29 is 46.0 Å². The van der Waals surface area contributed by atoms with Gasteiger partial charge in [-0.25, -0.2) is 21.4 Å². The largest absolute Gasteiger partial charge is 0.497 e. The van der Waals surface area contributed by atoms with Crippen molar-refractivity contribution in [2.45, 2.75) is 76.4 Å². The van der Waals surface area contributed by atoms with E-state index < -0.39 is 50.6 Å². The third kappa shape index (κ3) is 10.6. The summed E-state index contributed by atoms with van der Waals surface area (Å²) in [6.45, 7) is 15.5. The lowest BCUT2D eigenvalue weighted by Gasteiger charge is -2.40. The van der Waals surface area contributed by atoms with Crippen molar-refractivity contribution >= 4 is 14.6 Å². The first kappa shape index (κ1) is 42.8. The summed E-state index contributed by atoms with van der Waals surface area (Å²) in [7, 11) is 2.79. The van der Waals surface area contributed by atoms with Crippen molar-refractivity contribution in [3.05, 3.63) is 107 Å². The molecule has 1 aliphatic carbocycles. The number of nitrogens with zero attached hydrogens (tertiary/aromatic N) is 2. The summed E-state index contributed by atoms with van der Waals surface area (Å²) < 4.78 is 78.8. The maximum atomic E-state index is 13.2. The first-order valence-corrected chi connectivity index (χ1v) is 18.8. The first-order chi connectivity index (χ1) is 25.8. The van der Waals surface area contributed by atoms with Crippen LogP contribution in [-0.4, -0.2) is 88.4 Å². The van der Waals surface area contributed by atoms with E-state index in [1.165, 1.54) is 7.11 Å². The SMILES string of the molecule is [C-]#[N+]CCOP(OC1[C@@H](COC(c2ccccc2)(c2ccc(OC)cc2)c2ccc(OC)cc2)C[C@H](NC(=O)NC(F)(F)F)[C@H]1OC)N(C(C)C)C(C)C. The van der Waals surface area contributed by atoms with Gasteiger partial charge in [-0.05, 0) is 75.1 Å². The van der Waals surface area contributed by atoms with Gasteiger partial charge in [0.1, 0.15) is 29.8 Å². The molecule has 2 N–H and O–H groups in total. The van der Waals surface area contributed by atoms with Gasteiger partial charge < -0.3 is 38.2 Å². The number of ether oxygens (including phenoxy) is 4. The van der Waals surface area contributed by atoms with Crippen LogP contribution in [0.2, 0.25) is 0 Å². The summed E-state index contributed by atoms with van der Waals surface area (Å²) in [4.78, 5) is 16.0. The molecule has 2 amide bonds. The molecule has 3 aromatic carbocycles. The molecule has 0 aromatic heterocycles. The van der Waals surface area contributed by atoms with Gasteiger partial charge in [-0.2, -0.15) is 13.2 Å². The number of amides is 2. The lowest BCUT2D eigenvalue weighted by Crippen LogP contribution is -2.51. The highest BCUT2D eigenvalue weighted by atomic mass is 31.2. The second-order valence-electron chi connectivity index (χ2n) is 13.3. The molecule has 1 fully saturated rings. The molecule has 54 heavy (non-hydrogen) atoms. The van der Waals surface area contributed by atoms with Crippen molar-refractivity contribution in [1.82, 2.24) is 15.3 Å². The maximum absolute atomic E-state index is 13.2. The smallest absolute Gasteiger partial charge is 0.485 e. The van der Waals surface area contributed by atoms with Crippen LogP contribution in [0.3, 0.4) is 0 Å². The fourth-order valence-corrected chi connectivity index (χ4v) is 8.67. The van der Waals surface area contributed by atoms with Crippen molar-refractivity contribution in [3.8, 4) is 11.5 Å². The first-order valence-electron chi connectivity index (χ1n) is 17.7. The van der Waals surface area contributed by atoms with E-state index >= 15 is 0 Å². The monoisotopic (exact) mass is 774 g/mol. The average Bonchev–Trinajstić information content (AvgIpc) is 3.46. The molecule has 0 heterocycles. The molecule has 15 heteroatoms. The van der Waals surface area contributed by atoms with Gasteiger partial charge in [-0.15, -0.1) is 0 Å². The van der Waals surface area contributed by atoms with E-state index in [-0.39, 0.29) is 38.3 Å². The zero-order valence-electron chi connectivity index (χ0n) is 31.6. The van der Waals surface area contributed by atoms with Crippen LogP contribution >= 0.6 is 8.53 Å². The Hall–Kier alpha value is -3.96. The van der Waals surface area contributed by atoms with Crippen molar-refractivity contribution in [2.24, 2.45) is 5.92 Å². The zero-order chi connectivity index (χ0) is 39.5. The van der Waals surface area contributed by atoms with Crippen LogP contribution in [0.25, 0.3) is 4.85 Å². The Morgan fingerprint density at radius 1 is 0.870 bits per heavy atom. The fourth-order valence-electron chi connectivity index (χ4n) is 6.87. The summed E-state index contributed by atoms with van der Waals surface area (Å²) in [6.07, 6.45) is -6.48. The van der Waals surface area contributed by atoms with Crippen LogP contribution in [0.1, 0.15) is 50.8 Å².